The fourth-order valence-corrected chi connectivity index (χ4v) is 3.82. The van der Waals surface area contributed by atoms with Gasteiger partial charge in [-0.05, 0) is 50.3 Å². The molecule has 2 heterocycles. The summed E-state index contributed by atoms with van der Waals surface area (Å²) in [4.78, 5) is 2.38. The Labute approximate surface area is 118 Å². The molecule has 0 radical (unpaired) electrons. The highest BCUT2D eigenvalue weighted by atomic mass is 35.5. The number of benzene rings is 1. The first kappa shape index (κ1) is 13.2. The minimum atomic E-state index is -0.494. The van der Waals surface area contributed by atoms with Crippen molar-refractivity contribution >= 4 is 17.3 Å². The molecule has 2 saturated heterocycles. The van der Waals surface area contributed by atoms with Gasteiger partial charge in [-0.15, -0.1) is 0 Å². The van der Waals surface area contributed by atoms with Crippen molar-refractivity contribution in [3.63, 3.8) is 0 Å². The van der Waals surface area contributed by atoms with E-state index in [9.17, 15) is 10.2 Å². The summed E-state index contributed by atoms with van der Waals surface area (Å²) in [5, 5.41) is 20.1. The normalized spacial score (nSPS) is 31.6. The average Bonchev–Trinajstić information content (AvgIpc) is 2.62. The zero-order valence-electron chi connectivity index (χ0n) is 11.1. The van der Waals surface area contributed by atoms with Crippen LogP contribution in [0.1, 0.15) is 44.3 Å². The van der Waals surface area contributed by atoms with E-state index in [0.717, 1.165) is 36.9 Å². The molecule has 2 bridgehead atoms. The molecule has 2 N–H and O–H groups in total. The number of rotatable bonds is 2. The van der Waals surface area contributed by atoms with Gasteiger partial charge in [-0.3, -0.25) is 0 Å². The molecule has 2 fully saturated rings. The van der Waals surface area contributed by atoms with Gasteiger partial charge in [0.1, 0.15) is 0 Å². The third-order valence-electron chi connectivity index (χ3n) is 4.44. The third-order valence-corrected chi connectivity index (χ3v) is 4.74. The first-order valence-corrected chi connectivity index (χ1v) is 7.38. The number of hydrogen-bond acceptors (Lipinski definition) is 3. The van der Waals surface area contributed by atoms with Gasteiger partial charge in [0.2, 0.25) is 0 Å². The number of halogens is 1. The van der Waals surface area contributed by atoms with Gasteiger partial charge in [0.05, 0.1) is 22.9 Å². The summed E-state index contributed by atoms with van der Waals surface area (Å²) >= 11 is 6.39. The van der Waals surface area contributed by atoms with Crippen LogP contribution in [-0.2, 0) is 0 Å². The fourth-order valence-electron chi connectivity index (χ4n) is 3.53. The Balaban J connectivity index is 1.91. The maximum atomic E-state index is 9.85. The summed E-state index contributed by atoms with van der Waals surface area (Å²) in [6.45, 7) is 1.74. The van der Waals surface area contributed by atoms with Gasteiger partial charge < -0.3 is 15.1 Å². The second-order valence-electron chi connectivity index (χ2n) is 5.80. The summed E-state index contributed by atoms with van der Waals surface area (Å²) < 4.78 is 0. The van der Waals surface area contributed by atoms with Gasteiger partial charge in [-0.1, -0.05) is 17.7 Å². The summed E-state index contributed by atoms with van der Waals surface area (Å²) in [6, 6.07) is 6.61. The molecule has 3 nitrogen and oxygen atoms in total. The monoisotopic (exact) mass is 281 g/mol. The molecular weight excluding hydrogens is 262 g/mol. The second-order valence-corrected chi connectivity index (χ2v) is 6.21. The molecular formula is C15H20ClNO2. The van der Waals surface area contributed by atoms with Crippen molar-refractivity contribution in [1.29, 1.82) is 0 Å². The predicted octanol–water partition coefficient (Wildman–Crippen LogP) is 2.89. The standard InChI is InChI=1S/C15H20ClNO2/c1-9(18)10-2-5-15(14(16)6-10)17-11-3-4-12(17)8-13(19)7-11/h2,5-6,9,11-13,18-19H,3-4,7-8H2,1H3/t9-,11?,12?,13?/m1/s1. The number of piperidine rings is 1. The van der Waals surface area contributed by atoms with E-state index < -0.39 is 6.10 Å². The topological polar surface area (TPSA) is 43.7 Å². The van der Waals surface area contributed by atoms with Gasteiger partial charge in [0.15, 0.2) is 0 Å². The van der Waals surface area contributed by atoms with Crippen molar-refractivity contribution in [2.75, 3.05) is 4.90 Å². The van der Waals surface area contributed by atoms with E-state index in [1.165, 1.54) is 0 Å². The minimum Gasteiger partial charge on any atom is -0.393 e. The first-order chi connectivity index (χ1) is 9.06. The number of hydrogen-bond donors (Lipinski definition) is 2. The minimum absolute atomic E-state index is 0.163. The molecule has 0 spiro atoms. The Morgan fingerprint density at radius 1 is 1.26 bits per heavy atom. The lowest BCUT2D eigenvalue weighted by molar-refractivity contribution is 0.126. The van der Waals surface area contributed by atoms with Crippen LogP contribution in [0.4, 0.5) is 5.69 Å². The molecule has 3 atom stereocenters. The molecule has 3 rings (SSSR count). The molecule has 104 valence electrons. The number of fused-ring (bicyclic) bond motifs is 2. The summed E-state index contributed by atoms with van der Waals surface area (Å²) in [5.74, 6) is 0. The Kier molecular flexibility index (Phi) is 3.46. The molecule has 2 unspecified atom stereocenters. The molecule has 0 saturated carbocycles. The van der Waals surface area contributed by atoms with E-state index in [2.05, 4.69) is 4.90 Å². The van der Waals surface area contributed by atoms with Crippen LogP contribution in [0.2, 0.25) is 5.02 Å². The Morgan fingerprint density at radius 2 is 1.89 bits per heavy atom. The lowest BCUT2D eigenvalue weighted by Crippen LogP contribution is -2.44. The summed E-state index contributed by atoms with van der Waals surface area (Å²) in [6.07, 6.45) is 3.29. The lowest BCUT2D eigenvalue weighted by Gasteiger charge is -2.39. The van der Waals surface area contributed by atoms with Crippen LogP contribution in [0.5, 0.6) is 0 Å². The Hall–Kier alpha value is -0.770. The zero-order valence-corrected chi connectivity index (χ0v) is 11.8. The number of nitrogens with zero attached hydrogens (tertiary/aromatic N) is 1. The van der Waals surface area contributed by atoms with Gasteiger partial charge in [0, 0.05) is 12.1 Å². The quantitative estimate of drug-likeness (QED) is 0.876. The molecule has 2 aliphatic heterocycles. The highest BCUT2D eigenvalue weighted by Crippen LogP contribution is 2.42. The number of aliphatic hydroxyl groups excluding tert-OH is 2. The van der Waals surface area contributed by atoms with Crippen molar-refractivity contribution in [3.8, 4) is 0 Å². The van der Waals surface area contributed by atoms with Crippen molar-refractivity contribution in [1.82, 2.24) is 0 Å². The van der Waals surface area contributed by atoms with E-state index in [1.54, 1.807) is 6.92 Å². The molecule has 1 aromatic rings. The first-order valence-electron chi connectivity index (χ1n) is 7.00. The molecule has 2 aliphatic rings. The van der Waals surface area contributed by atoms with Crippen molar-refractivity contribution in [2.45, 2.75) is 56.9 Å². The fraction of sp³-hybridized carbons (Fsp3) is 0.600. The van der Waals surface area contributed by atoms with Crippen molar-refractivity contribution in [2.24, 2.45) is 0 Å². The van der Waals surface area contributed by atoms with E-state index >= 15 is 0 Å². The van der Waals surface area contributed by atoms with Gasteiger partial charge in [-0.25, -0.2) is 0 Å². The van der Waals surface area contributed by atoms with Crippen molar-refractivity contribution in [3.05, 3.63) is 28.8 Å². The molecule has 0 aromatic heterocycles. The molecule has 0 amide bonds. The molecule has 4 heteroatoms. The van der Waals surface area contributed by atoms with Gasteiger partial charge >= 0.3 is 0 Å². The lowest BCUT2D eigenvalue weighted by atomic mass is 9.98. The maximum absolute atomic E-state index is 9.85. The van der Waals surface area contributed by atoms with Crippen LogP contribution in [0.25, 0.3) is 0 Å². The van der Waals surface area contributed by atoms with Crippen LogP contribution in [0.3, 0.4) is 0 Å². The smallest absolute Gasteiger partial charge is 0.0762 e. The largest absolute Gasteiger partial charge is 0.393 e. The molecule has 0 aliphatic carbocycles. The number of aliphatic hydroxyl groups is 2. The van der Waals surface area contributed by atoms with E-state index in [-0.39, 0.29) is 6.10 Å². The number of anilines is 1. The second kappa shape index (κ2) is 4.97. The van der Waals surface area contributed by atoms with Crippen molar-refractivity contribution < 1.29 is 10.2 Å². The van der Waals surface area contributed by atoms with Crippen LogP contribution in [0, 0.1) is 0 Å². The SMILES string of the molecule is C[C@@H](O)c1ccc(N2C3CCC2CC(O)C3)c(Cl)c1. The Bertz CT molecular complexity index is 463. The Morgan fingerprint density at radius 3 is 2.42 bits per heavy atom. The maximum Gasteiger partial charge on any atom is 0.0762 e. The predicted molar refractivity (Wildman–Crippen MR) is 76.6 cm³/mol. The van der Waals surface area contributed by atoms with Gasteiger partial charge in [-0.2, -0.15) is 0 Å². The van der Waals surface area contributed by atoms with Crippen LogP contribution in [-0.4, -0.2) is 28.4 Å². The van der Waals surface area contributed by atoms with E-state index in [0.29, 0.717) is 17.1 Å². The molecule has 1 aromatic carbocycles. The van der Waals surface area contributed by atoms with Crippen LogP contribution in [0.15, 0.2) is 18.2 Å². The third kappa shape index (κ3) is 2.35. The van der Waals surface area contributed by atoms with E-state index in [1.807, 2.05) is 18.2 Å². The zero-order chi connectivity index (χ0) is 13.6. The van der Waals surface area contributed by atoms with Gasteiger partial charge in [0.25, 0.3) is 0 Å². The average molecular weight is 282 g/mol. The van der Waals surface area contributed by atoms with Crippen LogP contribution >= 0.6 is 11.6 Å². The summed E-state index contributed by atoms with van der Waals surface area (Å²) in [7, 11) is 0. The van der Waals surface area contributed by atoms with Crippen LogP contribution < -0.4 is 4.90 Å². The highest BCUT2D eigenvalue weighted by Gasteiger charge is 2.40. The highest BCUT2D eigenvalue weighted by molar-refractivity contribution is 6.33. The van der Waals surface area contributed by atoms with E-state index in [4.69, 9.17) is 11.6 Å². The molecule has 19 heavy (non-hydrogen) atoms. The summed E-state index contributed by atoms with van der Waals surface area (Å²) in [5.41, 5.74) is 1.89.